The zero-order valence-electron chi connectivity index (χ0n) is 16.6. The first-order valence-corrected chi connectivity index (χ1v) is 9.69. The van der Waals surface area contributed by atoms with Gasteiger partial charge in [-0.25, -0.2) is 9.97 Å². The number of hydrogen-bond acceptors (Lipinski definition) is 6. The van der Waals surface area contributed by atoms with Crippen LogP contribution in [0.4, 0.5) is 19.6 Å². The minimum Gasteiger partial charge on any atom is -0.298 e. The van der Waals surface area contributed by atoms with E-state index in [0.29, 0.717) is 20.7 Å². The Balaban J connectivity index is 1.89. The highest BCUT2D eigenvalue weighted by atomic mass is 32.1. The van der Waals surface area contributed by atoms with Gasteiger partial charge in [0, 0.05) is 29.6 Å². The lowest BCUT2D eigenvalue weighted by molar-refractivity contribution is -0.386. The Labute approximate surface area is 174 Å². The number of amides is 1. The summed E-state index contributed by atoms with van der Waals surface area (Å²) in [6.45, 7) is 4.40. The number of alkyl halides is 2. The Kier molecular flexibility index (Phi) is 5.66. The summed E-state index contributed by atoms with van der Waals surface area (Å²) in [7, 11) is 0. The minimum atomic E-state index is -2.76. The number of carbonyl (C=O) groups is 1. The van der Waals surface area contributed by atoms with Gasteiger partial charge in [-0.1, -0.05) is 38.2 Å². The number of nitro groups is 1. The van der Waals surface area contributed by atoms with E-state index in [1.165, 1.54) is 18.3 Å². The van der Waals surface area contributed by atoms with Gasteiger partial charge in [0.25, 0.3) is 11.6 Å². The van der Waals surface area contributed by atoms with Crippen molar-refractivity contribution in [2.75, 3.05) is 5.32 Å². The molecule has 0 aliphatic rings. The van der Waals surface area contributed by atoms with Crippen LogP contribution < -0.4 is 5.32 Å². The van der Waals surface area contributed by atoms with Crippen LogP contribution in [0.15, 0.2) is 30.6 Å². The molecule has 2 heterocycles. The fourth-order valence-electron chi connectivity index (χ4n) is 2.93. The lowest BCUT2D eigenvalue weighted by Gasteiger charge is -2.19. The van der Waals surface area contributed by atoms with Crippen LogP contribution in [0.25, 0.3) is 10.7 Å². The van der Waals surface area contributed by atoms with Gasteiger partial charge in [-0.15, -0.1) is 0 Å². The zero-order valence-corrected chi connectivity index (χ0v) is 17.5. The fourth-order valence-corrected chi connectivity index (χ4v) is 3.89. The molecule has 0 fully saturated rings. The molecule has 0 aliphatic heterocycles. The number of nitrogens with zero attached hydrogens (tertiary/aromatic N) is 4. The molecule has 0 bridgehead atoms. The molecule has 0 saturated heterocycles. The van der Waals surface area contributed by atoms with Crippen molar-refractivity contribution in [3.8, 4) is 10.7 Å². The van der Waals surface area contributed by atoms with E-state index < -0.39 is 22.8 Å². The highest BCUT2D eigenvalue weighted by Crippen LogP contribution is 2.35. The minimum absolute atomic E-state index is 0.0469. The van der Waals surface area contributed by atoms with Gasteiger partial charge >= 0.3 is 6.55 Å². The maximum absolute atomic E-state index is 13.1. The first-order chi connectivity index (χ1) is 14.0. The Morgan fingerprint density at radius 3 is 2.63 bits per heavy atom. The normalized spacial score (nSPS) is 11.7. The summed E-state index contributed by atoms with van der Waals surface area (Å²) in [5, 5.41) is 14.2. The van der Waals surface area contributed by atoms with Crippen LogP contribution in [0.5, 0.6) is 0 Å². The Morgan fingerprint density at radius 2 is 2.03 bits per heavy atom. The van der Waals surface area contributed by atoms with Crippen LogP contribution in [0, 0.1) is 17.0 Å². The van der Waals surface area contributed by atoms with Crippen molar-refractivity contribution < 1.29 is 18.5 Å². The van der Waals surface area contributed by atoms with Crippen LogP contribution in [-0.4, -0.2) is 25.4 Å². The molecule has 30 heavy (non-hydrogen) atoms. The monoisotopic (exact) mass is 435 g/mol. The van der Waals surface area contributed by atoms with Gasteiger partial charge < -0.3 is 0 Å². The standard InChI is InChI=1S/C19H19F2N5O3S/c1-10-14(15-22-7-8-25(15)17(20)21)30-18(23-10)24-16(27)11-5-6-12(19(2,3)4)13(9-11)26(28)29/h5-9,17H,1-4H3,(H,23,24,27). The number of halogens is 2. The van der Waals surface area contributed by atoms with Crippen molar-refractivity contribution in [2.24, 2.45) is 0 Å². The number of rotatable bonds is 5. The third kappa shape index (κ3) is 4.20. The molecule has 2 aromatic heterocycles. The van der Waals surface area contributed by atoms with Crippen molar-refractivity contribution in [3.63, 3.8) is 0 Å². The third-order valence-corrected chi connectivity index (χ3v) is 5.43. The maximum atomic E-state index is 13.1. The molecular formula is C19H19F2N5O3S. The van der Waals surface area contributed by atoms with Crippen molar-refractivity contribution >= 4 is 28.1 Å². The Hall–Kier alpha value is -3.21. The molecule has 0 radical (unpaired) electrons. The molecule has 1 aromatic carbocycles. The summed E-state index contributed by atoms with van der Waals surface area (Å²) in [5.74, 6) is -0.540. The quantitative estimate of drug-likeness (QED) is 0.440. The van der Waals surface area contributed by atoms with Crippen LogP contribution >= 0.6 is 11.3 Å². The van der Waals surface area contributed by atoms with Crippen LogP contribution in [0.1, 0.15) is 48.9 Å². The average molecular weight is 435 g/mol. The largest absolute Gasteiger partial charge is 0.320 e. The number of nitrogens with one attached hydrogen (secondary N) is 1. The van der Waals surface area contributed by atoms with Crippen molar-refractivity contribution in [2.45, 2.75) is 39.7 Å². The highest BCUT2D eigenvalue weighted by molar-refractivity contribution is 7.19. The number of aryl methyl sites for hydroxylation is 1. The lowest BCUT2D eigenvalue weighted by Crippen LogP contribution is -2.16. The molecule has 1 N–H and O–H groups in total. The molecule has 0 aliphatic carbocycles. The molecule has 3 rings (SSSR count). The van der Waals surface area contributed by atoms with E-state index in [0.717, 1.165) is 17.5 Å². The van der Waals surface area contributed by atoms with Gasteiger partial charge in [0.15, 0.2) is 11.0 Å². The number of carbonyl (C=O) groups excluding carboxylic acids is 1. The third-order valence-electron chi connectivity index (χ3n) is 4.36. The molecule has 0 spiro atoms. The predicted octanol–water partition coefficient (Wildman–Crippen LogP) is 5.17. The molecule has 0 atom stereocenters. The van der Waals surface area contributed by atoms with E-state index in [1.807, 2.05) is 20.8 Å². The molecule has 8 nitrogen and oxygen atoms in total. The molecular weight excluding hydrogens is 416 g/mol. The van der Waals surface area contributed by atoms with Gasteiger partial charge in [0.1, 0.15) is 0 Å². The van der Waals surface area contributed by atoms with Crippen LogP contribution in [0.2, 0.25) is 0 Å². The number of benzene rings is 1. The SMILES string of the molecule is Cc1nc(NC(=O)c2ccc(C(C)(C)C)c([N+](=O)[O-])c2)sc1-c1nccn1C(F)F. The van der Waals surface area contributed by atoms with E-state index in [-0.39, 0.29) is 22.2 Å². The van der Waals surface area contributed by atoms with Crippen LogP contribution in [-0.2, 0) is 5.41 Å². The van der Waals surface area contributed by atoms with E-state index in [4.69, 9.17) is 0 Å². The molecule has 0 saturated carbocycles. The summed E-state index contributed by atoms with van der Waals surface area (Å²) in [6, 6.07) is 4.29. The van der Waals surface area contributed by atoms with Crippen molar-refractivity contribution in [1.82, 2.24) is 14.5 Å². The number of imidazole rings is 1. The van der Waals surface area contributed by atoms with Gasteiger partial charge in [0.2, 0.25) is 0 Å². The van der Waals surface area contributed by atoms with Gasteiger partial charge in [-0.2, -0.15) is 8.78 Å². The summed E-state index contributed by atoms with van der Waals surface area (Å²) < 4.78 is 26.9. The average Bonchev–Trinajstić information content (AvgIpc) is 3.26. The predicted molar refractivity (Wildman–Crippen MR) is 109 cm³/mol. The number of nitro benzene ring substituents is 1. The summed E-state index contributed by atoms with van der Waals surface area (Å²) in [6.07, 6.45) is 2.42. The van der Waals surface area contributed by atoms with Gasteiger partial charge in [0.05, 0.1) is 15.5 Å². The Bertz CT molecular complexity index is 1120. The first kappa shape index (κ1) is 21.5. The second-order valence-electron chi connectivity index (χ2n) is 7.56. The molecule has 3 aromatic rings. The molecule has 1 amide bonds. The smallest absolute Gasteiger partial charge is 0.298 e. The number of anilines is 1. The fraction of sp³-hybridized carbons (Fsp3) is 0.316. The van der Waals surface area contributed by atoms with E-state index >= 15 is 0 Å². The number of aromatic nitrogens is 3. The summed E-state index contributed by atoms with van der Waals surface area (Å²) in [4.78, 5) is 32.1. The summed E-state index contributed by atoms with van der Waals surface area (Å²) in [5.41, 5.74) is 0.418. The van der Waals surface area contributed by atoms with Crippen LogP contribution in [0.3, 0.4) is 0 Å². The van der Waals surface area contributed by atoms with E-state index in [9.17, 15) is 23.7 Å². The second kappa shape index (κ2) is 7.90. The molecule has 158 valence electrons. The number of hydrogen-bond donors (Lipinski definition) is 1. The summed E-state index contributed by atoms with van der Waals surface area (Å²) >= 11 is 0.996. The maximum Gasteiger partial charge on any atom is 0.320 e. The van der Waals surface area contributed by atoms with Gasteiger partial charge in [-0.3, -0.25) is 24.8 Å². The zero-order chi connectivity index (χ0) is 22.2. The molecule has 11 heteroatoms. The van der Waals surface area contributed by atoms with E-state index in [1.54, 1.807) is 13.0 Å². The topological polar surface area (TPSA) is 103 Å². The highest BCUT2D eigenvalue weighted by Gasteiger charge is 2.26. The lowest BCUT2D eigenvalue weighted by atomic mass is 9.85. The first-order valence-electron chi connectivity index (χ1n) is 8.88. The second-order valence-corrected chi connectivity index (χ2v) is 8.56. The van der Waals surface area contributed by atoms with E-state index in [2.05, 4.69) is 15.3 Å². The number of thiazole rings is 1. The Morgan fingerprint density at radius 1 is 1.33 bits per heavy atom. The van der Waals surface area contributed by atoms with Crippen molar-refractivity contribution in [1.29, 1.82) is 0 Å². The van der Waals surface area contributed by atoms with Crippen molar-refractivity contribution in [3.05, 3.63) is 57.5 Å². The molecule has 0 unspecified atom stereocenters. The van der Waals surface area contributed by atoms with Gasteiger partial charge in [-0.05, 0) is 18.4 Å².